The fraction of sp³-hybridized carbons (Fsp3) is 0.0769. The van der Waals surface area contributed by atoms with Gasteiger partial charge in [0.05, 0.1) is 6.54 Å². The lowest BCUT2D eigenvalue weighted by atomic mass is 10.2. The number of nitrogens with zero attached hydrogens (tertiary/aromatic N) is 4. The van der Waals surface area contributed by atoms with Crippen LogP contribution in [0.2, 0.25) is 0 Å². The topological polar surface area (TPSA) is 121 Å². The van der Waals surface area contributed by atoms with E-state index in [2.05, 4.69) is 25.9 Å². The molecule has 0 saturated heterocycles. The van der Waals surface area contributed by atoms with Crippen LogP contribution in [0.1, 0.15) is 5.56 Å². The number of tetrazole rings is 1. The first-order valence-corrected chi connectivity index (χ1v) is 6.23. The van der Waals surface area contributed by atoms with Crippen molar-refractivity contribution in [2.24, 2.45) is 0 Å². The summed E-state index contributed by atoms with van der Waals surface area (Å²) in [6, 6.07) is 8.25. The summed E-state index contributed by atoms with van der Waals surface area (Å²) in [5.74, 6) is -0.738. The Hall–Kier alpha value is -3.36. The smallest absolute Gasteiger partial charge is 0.301 e. The number of carbonyl (C=O) groups excluding carboxylic acids is 3. The molecule has 0 aliphatic rings. The van der Waals surface area contributed by atoms with Gasteiger partial charge in [0.2, 0.25) is 0 Å². The van der Waals surface area contributed by atoms with E-state index in [0.29, 0.717) is 6.29 Å². The Morgan fingerprint density at radius 1 is 1.27 bits per heavy atom. The maximum Gasteiger partial charge on any atom is 0.331 e. The van der Waals surface area contributed by atoms with Crippen LogP contribution in [0.5, 0.6) is 0 Å². The predicted molar refractivity (Wildman–Crippen MR) is 76.4 cm³/mol. The van der Waals surface area contributed by atoms with Crippen LogP contribution in [-0.4, -0.2) is 50.3 Å². The van der Waals surface area contributed by atoms with E-state index >= 15 is 0 Å². The van der Waals surface area contributed by atoms with Gasteiger partial charge in [0.25, 0.3) is 11.9 Å². The normalized spacial score (nSPS) is 10.4. The van der Waals surface area contributed by atoms with E-state index in [0.717, 1.165) is 10.5 Å². The van der Waals surface area contributed by atoms with E-state index in [9.17, 15) is 14.4 Å². The third-order valence-corrected chi connectivity index (χ3v) is 2.55. The highest BCUT2D eigenvalue weighted by Gasteiger charge is 2.20. The zero-order chi connectivity index (χ0) is 15.8. The van der Waals surface area contributed by atoms with E-state index < -0.39 is 11.9 Å². The van der Waals surface area contributed by atoms with Crippen LogP contribution in [0.25, 0.3) is 6.08 Å². The second-order valence-electron chi connectivity index (χ2n) is 4.03. The molecule has 9 heteroatoms. The zero-order valence-electron chi connectivity index (χ0n) is 11.3. The molecule has 0 aliphatic heterocycles. The van der Waals surface area contributed by atoms with Crippen molar-refractivity contribution in [2.45, 2.75) is 0 Å². The number of anilines is 1. The molecule has 9 nitrogen and oxygen atoms in total. The largest absolute Gasteiger partial charge is 0.331 e. The third kappa shape index (κ3) is 4.07. The number of benzene rings is 1. The number of amides is 3. The Morgan fingerprint density at radius 2 is 2.05 bits per heavy atom. The minimum atomic E-state index is -0.823. The predicted octanol–water partition coefficient (Wildman–Crippen LogP) is 0.473. The van der Waals surface area contributed by atoms with Crippen molar-refractivity contribution in [1.82, 2.24) is 25.5 Å². The quantitative estimate of drug-likeness (QED) is 0.611. The first kappa shape index (κ1) is 15.0. The van der Waals surface area contributed by atoms with Crippen molar-refractivity contribution in [3.05, 3.63) is 42.0 Å². The summed E-state index contributed by atoms with van der Waals surface area (Å²) < 4.78 is 0. The van der Waals surface area contributed by atoms with Crippen molar-refractivity contribution in [3.63, 3.8) is 0 Å². The third-order valence-electron chi connectivity index (χ3n) is 2.55. The molecular weight excluding hydrogens is 288 g/mol. The molecule has 0 saturated carbocycles. The molecule has 0 spiro atoms. The first-order valence-electron chi connectivity index (χ1n) is 6.23. The summed E-state index contributed by atoms with van der Waals surface area (Å²) in [6.45, 7) is -0.387. The van der Waals surface area contributed by atoms with Crippen molar-refractivity contribution >= 4 is 30.2 Å². The average Bonchev–Trinajstić information content (AvgIpc) is 3.04. The Balaban J connectivity index is 2.06. The van der Waals surface area contributed by atoms with E-state index in [4.69, 9.17) is 0 Å². The summed E-state index contributed by atoms with van der Waals surface area (Å²) in [5, 5.41) is 14.7. The SMILES string of the molecule is O=CCN(C(=O)/C=C/c1ccccc1)C(=O)Nc1nn[nH]n1. The summed E-state index contributed by atoms with van der Waals surface area (Å²) in [5.41, 5.74) is 0.792. The lowest BCUT2D eigenvalue weighted by molar-refractivity contribution is -0.125. The van der Waals surface area contributed by atoms with Crippen molar-refractivity contribution < 1.29 is 14.4 Å². The lowest BCUT2D eigenvalue weighted by Crippen LogP contribution is -2.40. The molecular formula is C13H12N6O3. The summed E-state index contributed by atoms with van der Waals surface area (Å²) in [4.78, 5) is 35.3. The fourth-order valence-electron chi connectivity index (χ4n) is 1.55. The molecule has 2 N–H and O–H groups in total. The molecule has 2 aromatic rings. The molecule has 0 bridgehead atoms. The highest BCUT2D eigenvalue weighted by atomic mass is 16.2. The molecule has 0 radical (unpaired) electrons. The van der Waals surface area contributed by atoms with Crippen LogP contribution in [0, 0.1) is 0 Å². The Kier molecular flexibility index (Phi) is 5.08. The van der Waals surface area contributed by atoms with Crippen molar-refractivity contribution in [2.75, 3.05) is 11.9 Å². The monoisotopic (exact) mass is 300 g/mol. The van der Waals surface area contributed by atoms with E-state index in [-0.39, 0.29) is 12.5 Å². The van der Waals surface area contributed by atoms with Gasteiger partial charge in [0.15, 0.2) is 0 Å². The average molecular weight is 300 g/mol. The minimum absolute atomic E-state index is 0.0965. The van der Waals surface area contributed by atoms with Crippen LogP contribution in [0.15, 0.2) is 36.4 Å². The van der Waals surface area contributed by atoms with Gasteiger partial charge in [-0.15, -0.1) is 5.10 Å². The van der Waals surface area contributed by atoms with Gasteiger partial charge in [-0.05, 0) is 16.9 Å². The summed E-state index contributed by atoms with van der Waals surface area (Å²) in [6.07, 6.45) is 3.19. The molecule has 3 amide bonds. The van der Waals surface area contributed by atoms with Gasteiger partial charge in [-0.3, -0.25) is 15.0 Å². The van der Waals surface area contributed by atoms with Crippen LogP contribution >= 0.6 is 0 Å². The van der Waals surface area contributed by atoms with E-state index in [1.54, 1.807) is 18.2 Å². The molecule has 1 heterocycles. The molecule has 1 aromatic heterocycles. The van der Waals surface area contributed by atoms with Crippen LogP contribution in [0.3, 0.4) is 0 Å². The molecule has 0 atom stereocenters. The number of aromatic amines is 1. The highest BCUT2D eigenvalue weighted by molar-refractivity contribution is 6.07. The Bertz CT molecular complexity index is 668. The van der Waals surface area contributed by atoms with Crippen LogP contribution in [-0.2, 0) is 9.59 Å². The number of hydrogen-bond acceptors (Lipinski definition) is 6. The minimum Gasteiger partial charge on any atom is -0.301 e. The standard InChI is InChI=1S/C13H12N6O3/c20-9-8-19(13(22)14-12-15-17-18-16-12)11(21)7-6-10-4-2-1-3-5-10/h1-7,9H,8H2,(H2,14,15,16,17,18,22)/b7-6+. The fourth-order valence-corrected chi connectivity index (χ4v) is 1.55. The molecule has 22 heavy (non-hydrogen) atoms. The van der Waals surface area contributed by atoms with Crippen molar-refractivity contribution in [3.8, 4) is 0 Å². The molecule has 0 fully saturated rings. The second kappa shape index (κ2) is 7.43. The van der Waals surface area contributed by atoms with E-state index in [1.165, 1.54) is 6.08 Å². The number of rotatable bonds is 5. The van der Waals surface area contributed by atoms with Gasteiger partial charge in [-0.2, -0.15) is 5.21 Å². The maximum absolute atomic E-state index is 12.0. The highest BCUT2D eigenvalue weighted by Crippen LogP contribution is 2.03. The number of carbonyl (C=O) groups is 3. The number of aldehydes is 1. The number of H-pyrrole nitrogens is 1. The molecule has 1 aromatic carbocycles. The van der Waals surface area contributed by atoms with Gasteiger partial charge < -0.3 is 4.79 Å². The number of hydrogen-bond donors (Lipinski definition) is 2. The zero-order valence-corrected chi connectivity index (χ0v) is 11.3. The van der Waals surface area contributed by atoms with Crippen molar-refractivity contribution in [1.29, 1.82) is 0 Å². The van der Waals surface area contributed by atoms with E-state index in [1.807, 2.05) is 18.2 Å². The second-order valence-corrected chi connectivity index (χ2v) is 4.03. The van der Waals surface area contributed by atoms with Gasteiger partial charge in [0, 0.05) is 6.08 Å². The summed E-state index contributed by atoms with van der Waals surface area (Å²) in [7, 11) is 0. The van der Waals surface area contributed by atoms with Gasteiger partial charge in [0.1, 0.15) is 6.29 Å². The molecule has 0 aliphatic carbocycles. The molecule has 2 rings (SSSR count). The number of imide groups is 1. The van der Waals surface area contributed by atoms with Crippen LogP contribution < -0.4 is 5.32 Å². The maximum atomic E-state index is 12.0. The van der Waals surface area contributed by atoms with Crippen LogP contribution in [0.4, 0.5) is 10.7 Å². The number of aromatic nitrogens is 4. The Labute approximate surface area is 125 Å². The number of nitrogens with one attached hydrogen (secondary N) is 2. The van der Waals surface area contributed by atoms with Gasteiger partial charge in [-0.25, -0.2) is 4.79 Å². The number of urea groups is 1. The van der Waals surface area contributed by atoms with Gasteiger partial charge >= 0.3 is 6.03 Å². The molecule has 112 valence electrons. The molecule has 0 unspecified atom stereocenters. The first-order chi connectivity index (χ1) is 10.7. The lowest BCUT2D eigenvalue weighted by Gasteiger charge is -2.15. The Morgan fingerprint density at radius 3 is 2.68 bits per heavy atom. The summed E-state index contributed by atoms with van der Waals surface area (Å²) >= 11 is 0. The van der Waals surface area contributed by atoms with Gasteiger partial charge in [-0.1, -0.05) is 35.4 Å².